The van der Waals surface area contributed by atoms with Crippen LogP contribution < -0.4 is 15.4 Å². The van der Waals surface area contributed by atoms with Gasteiger partial charge in [-0.05, 0) is 0 Å². The van der Waals surface area contributed by atoms with Crippen molar-refractivity contribution in [2.75, 3.05) is 5.32 Å². The van der Waals surface area contributed by atoms with E-state index in [0.717, 1.165) is 8.82 Å². The van der Waals surface area contributed by atoms with E-state index >= 15 is 0 Å². The molecule has 3 rings (SSSR count). The van der Waals surface area contributed by atoms with E-state index in [-0.39, 0.29) is 16.3 Å². The summed E-state index contributed by atoms with van der Waals surface area (Å²) < 4.78 is 1.56. The number of benzene rings is 2. The van der Waals surface area contributed by atoms with E-state index in [9.17, 15) is 9.59 Å². The van der Waals surface area contributed by atoms with Gasteiger partial charge in [0, 0.05) is 0 Å². The first-order chi connectivity index (χ1) is 13.4. The number of rotatable bonds is 6. The van der Waals surface area contributed by atoms with Crippen molar-refractivity contribution in [3.8, 4) is 0 Å². The molecule has 1 atom stereocenters. The molecule has 0 spiro atoms. The molecule has 6 nitrogen and oxygen atoms in total. The molecule has 0 aliphatic rings. The van der Waals surface area contributed by atoms with Crippen LogP contribution in [-0.4, -0.2) is 37.0 Å². The Morgan fingerprint density at radius 3 is 2.32 bits per heavy atom. The fourth-order valence-electron chi connectivity index (χ4n) is 2.42. The van der Waals surface area contributed by atoms with E-state index in [1.807, 2.05) is 12.1 Å². The molecule has 140 valence electrons. The first kappa shape index (κ1) is 20.0. The fraction of sp³-hybridized carbons (Fsp3) is 0. The molecule has 0 radical (unpaired) electrons. The molecular weight excluding hydrogens is 483 g/mol. The second kappa shape index (κ2) is 8.95. The van der Waals surface area contributed by atoms with Gasteiger partial charge in [-0.2, -0.15) is 0 Å². The second-order valence-electron chi connectivity index (χ2n) is 5.81. The number of carbonyl (C=O) groups excluding carboxylic acids is 2. The predicted octanol–water partition coefficient (Wildman–Crippen LogP) is 2.28. The molecule has 1 amide bonds. The van der Waals surface area contributed by atoms with Crippen molar-refractivity contribution in [3.63, 3.8) is 0 Å². The number of aromatic nitrogens is 1. The van der Waals surface area contributed by atoms with Crippen molar-refractivity contribution in [2.45, 2.75) is 0 Å². The third kappa shape index (κ3) is 4.94. The number of hydrogen-bond donors (Lipinski definition) is 3. The SMILES string of the molecule is N=C(N)c1ccc(C(=O)[AsH]c2ccccc2C(=O)Nc2ccc(Br)cn2)cc1. The number of nitrogens with zero attached hydrogens (tertiary/aromatic N) is 1. The number of halogens is 1. The zero-order valence-corrected chi connectivity index (χ0v) is 18.3. The van der Waals surface area contributed by atoms with Gasteiger partial charge in [0.05, 0.1) is 0 Å². The first-order valence-corrected chi connectivity index (χ1v) is 11.1. The summed E-state index contributed by atoms with van der Waals surface area (Å²) in [6.45, 7) is 0. The third-order valence-corrected chi connectivity index (χ3v) is 6.88. The summed E-state index contributed by atoms with van der Waals surface area (Å²) in [7, 11) is 0. The van der Waals surface area contributed by atoms with Gasteiger partial charge in [-0.25, -0.2) is 0 Å². The summed E-state index contributed by atoms with van der Waals surface area (Å²) in [6.07, 6.45) is 1.60. The first-order valence-electron chi connectivity index (χ1n) is 8.22. The summed E-state index contributed by atoms with van der Waals surface area (Å²) in [5, 5.41) is 10.2. The molecule has 0 aliphatic heterocycles. The quantitative estimate of drug-likeness (QED) is 0.275. The third-order valence-electron chi connectivity index (χ3n) is 3.85. The van der Waals surface area contributed by atoms with Gasteiger partial charge in [-0.3, -0.25) is 0 Å². The number of anilines is 1. The summed E-state index contributed by atoms with van der Waals surface area (Å²) in [5.74, 6) is 0.0987. The number of nitrogen functional groups attached to an aromatic ring is 1. The fourth-order valence-corrected chi connectivity index (χ4v) is 4.89. The second-order valence-corrected chi connectivity index (χ2v) is 9.33. The predicted molar refractivity (Wildman–Crippen MR) is 115 cm³/mol. The Morgan fingerprint density at radius 2 is 1.68 bits per heavy atom. The van der Waals surface area contributed by atoms with Crippen LogP contribution in [0.5, 0.6) is 0 Å². The normalized spacial score (nSPS) is 10.8. The average molecular weight is 499 g/mol. The van der Waals surface area contributed by atoms with Gasteiger partial charge in [0.15, 0.2) is 0 Å². The zero-order valence-electron chi connectivity index (χ0n) is 14.6. The van der Waals surface area contributed by atoms with Crippen LogP contribution in [0.3, 0.4) is 0 Å². The van der Waals surface area contributed by atoms with Crippen molar-refractivity contribution in [2.24, 2.45) is 5.73 Å². The van der Waals surface area contributed by atoms with E-state index < -0.39 is 15.8 Å². The Hall–Kier alpha value is -2.76. The van der Waals surface area contributed by atoms with Crippen molar-refractivity contribution in [3.05, 3.63) is 88.0 Å². The van der Waals surface area contributed by atoms with Gasteiger partial charge in [0.2, 0.25) is 0 Å². The summed E-state index contributed by atoms with van der Waals surface area (Å²) in [4.78, 5) is 29.5. The minimum atomic E-state index is -1.25. The standard InChI is InChI=1S/C20H16AsBrN4O2/c22-14-9-10-17(25-11-14)26-20(28)15-3-1-2-4-16(15)21-18(27)12-5-7-13(8-6-12)19(23)24/h1-11,21H,(H3,23,24)(H,25,26,28). The van der Waals surface area contributed by atoms with Gasteiger partial charge in [-0.15, -0.1) is 0 Å². The van der Waals surface area contributed by atoms with Crippen LogP contribution in [0.25, 0.3) is 0 Å². The maximum atomic E-state index is 12.7. The van der Waals surface area contributed by atoms with Crippen LogP contribution in [0.15, 0.2) is 71.3 Å². The molecule has 0 saturated heterocycles. The Kier molecular flexibility index (Phi) is 6.39. The molecule has 28 heavy (non-hydrogen) atoms. The molecule has 1 unspecified atom stereocenters. The van der Waals surface area contributed by atoms with Crippen LogP contribution in [0.4, 0.5) is 5.82 Å². The molecule has 4 N–H and O–H groups in total. The van der Waals surface area contributed by atoms with E-state index in [4.69, 9.17) is 11.1 Å². The minimum absolute atomic E-state index is 0.00267. The van der Waals surface area contributed by atoms with Gasteiger partial charge in [0.25, 0.3) is 0 Å². The molecule has 0 bridgehead atoms. The zero-order chi connectivity index (χ0) is 20.1. The number of amides is 1. The van der Waals surface area contributed by atoms with Crippen molar-refractivity contribution >= 4 is 58.2 Å². The average Bonchev–Trinajstić information content (AvgIpc) is 2.70. The van der Waals surface area contributed by atoms with Crippen LogP contribution in [0, 0.1) is 5.41 Å². The van der Waals surface area contributed by atoms with E-state index in [1.165, 1.54) is 0 Å². The van der Waals surface area contributed by atoms with Crippen LogP contribution in [0.2, 0.25) is 0 Å². The van der Waals surface area contributed by atoms with Crippen LogP contribution in [-0.2, 0) is 0 Å². The van der Waals surface area contributed by atoms with E-state index in [2.05, 4.69) is 26.2 Å². The molecule has 0 saturated carbocycles. The maximum absolute atomic E-state index is 12.7. The Labute approximate surface area is 176 Å². The Bertz CT molecular complexity index is 1040. The van der Waals surface area contributed by atoms with Gasteiger partial charge in [-0.1, -0.05) is 0 Å². The summed E-state index contributed by atoms with van der Waals surface area (Å²) in [5.41, 5.74) is 7.03. The number of nitrogens with one attached hydrogen (secondary N) is 2. The van der Waals surface area contributed by atoms with Gasteiger partial charge >= 0.3 is 177 Å². The van der Waals surface area contributed by atoms with Crippen LogP contribution in [0.1, 0.15) is 26.3 Å². The van der Waals surface area contributed by atoms with Crippen LogP contribution >= 0.6 is 15.9 Å². The van der Waals surface area contributed by atoms with Crippen molar-refractivity contribution in [1.82, 2.24) is 4.98 Å². The molecule has 2 aromatic carbocycles. The molecule has 8 heteroatoms. The summed E-state index contributed by atoms with van der Waals surface area (Å²) >= 11 is 2.05. The topological polar surface area (TPSA) is 109 Å². The molecule has 0 fully saturated rings. The van der Waals surface area contributed by atoms with E-state index in [0.29, 0.717) is 22.5 Å². The number of carbonyl (C=O) groups is 2. The Morgan fingerprint density at radius 1 is 1.00 bits per heavy atom. The molecule has 1 aromatic heterocycles. The monoisotopic (exact) mass is 498 g/mol. The molecule has 0 aliphatic carbocycles. The number of nitrogens with two attached hydrogens (primary N) is 1. The molecular formula is C20H16AsBrN4O2. The number of hydrogen-bond acceptors (Lipinski definition) is 4. The molecule has 1 heterocycles. The van der Waals surface area contributed by atoms with E-state index in [1.54, 1.807) is 54.7 Å². The van der Waals surface area contributed by atoms with Crippen molar-refractivity contribution in [1.29, 1.82) is 5.41 Å². The summed E-state index contributed by atoms with van der Waals surface area (Å²) in [6, 6.07) is 17.2. The number of amidine groups is 1. The van der Waals surface area contributed by atoms with Gasteiger partial charge in [0.1, 0.15) is 0 Å². The van der Waals surface area contributed by atoms with Gasteiger partial charge < -0.3 is 0 Å². The van der Waals surface area contributed by atoms with Crippen molar-refractivity contribution < 1.29 is 9.59 Å². The Balaban J connectivity index is 1.77. The number of pyridine rings is 1. The molecule has 3 aromatic rings.